The molecular weight excluding hydrogens is 198 g/mol. The predicted octanol–water partition coefficient (Wildman–Crippen LogP) is 2.69. The molecule has 0 aliphatic carbocycles. The highest BCUT2D eigenvalue weighted by atomic mass is 16.5. The van der Waals surface area contributed by atoms with Crippen LogP contribution in [0.25, 0.3) is 0 Å². The number of ether oxygens (including phenoxy) is 1. The Morgan fingerprint density at radius 3 is 2.88 bits per heavy atom. The van der Waals surface area contributed by atoms with Crippen molar-refractivity contribution in [1.82, 2.24) is 4.90 Å². The summed E-state index contributed by atoms with van der Waals surface area (Å²) in [5.74, 6) is 0. The summed E-state index contributed by atoms with van der Waals surface area (Å²) in [4.78, 5) is 2.50. The molecule has 0 amide bonds. The second kappa shape index (κ2) is 6.02. The average molecular weight is 219 g/mol. The van der Waals surface area contributed by atoms with E-state index >= 15 is 0 Å². The monoisotopic (exact) mass is 219 g/mol. The largest absolute Gasteiger partial charge is 0.376 e. The molecule has 0 bridgehead atoms. The third-order valence-electron chi connectivity index (χ3n) is 3.08. The molecule has 1 atom stereocenters. The van der Waals surface area contributed by atoms with E-state index in [1.165, 1.54) is 18.4 Å². The lowest BCUT2D eigenvalue weighted by molar-refractivity contribution is -0.0350. The maximum absolute atomic E-state index is 5.74. The molecule has 0 N–H and O–H groups in total. The molecule has 1 aliphatic rings. The molecule has 16 heavy (non-hydrogen) atoms. The molecule has 0 radical (unpaired) electrons. The number of benzene rings is 1. The second-order valence-electron chi connectivity index (χ2n) is 4.50. The highest BCUT2D eigenvalue weighted by Crippen LogP contribution is 2.13. The summed E-state index contributed by atoms with van der Waals surface area (Å²) >= 11 is 0. The van der Waals surface area contributed by atoms with Crippen molar-refractivity contribution in [3.63, 3.8) is 0 Å². The van der Waals surface area contributed by atoms with Crippen molar-refractivity contribution in [3.8, 4) is 0 Å². The minimum Gasteiger partial charge on any atom is -0.376 e. The number of rotatable bonds is 4. The lowest BCUT2D eigenvalue weighted by atomic mass is 10.1. The van der Waals surface area contributed by atoms with Gasteiger partial charge in [0.25, 0.3) is 0 Å². The van der Waals surface area contributed by atoms with Crippen LogP contribution in [0.4, 0.5) is 0 Å². The molecule has 1 unspecified atom stereocenters. The van der Waals surface area contributed by atoms with E-state index in [1.54, 1.807) is 0 Å². The molecule has 2 nitrogen and oxygen atoms in total. The first-order valence-corrected chi connectivity index (χ1v) is 6.26. The molecular formula is C14H21NO. The Balaban J connectivity index is 1.85. The van der Waals surface area contributed by atoms with Crippen LogP contribution in [0.5, 0.6) is 0 Å². The van der Waals surface area contributed by atoms with E-state index in [4.69, 9.17) is 4.74 Å². The van der Waals surface area contributed by atoms with Crippen LogP contribution in [0.3, 0.4) is 0 Å². The van der Waals surface area contributed by atoms with E-state index in [1.807, 2.05) is 0 Å². The van der Waals surface area contributed by atoms with Gasteiger partial charge < -0.3 is 4.74 Å². The normalized spacial score (nSPS) is 22.2. The lowest BCUT2D eigenvalue weighted by Gasteiger charge is -2.32. The zero-order valence-corrected chi connectivity index (χ0v) is 10.1. The van der Waals surface area contributed by atoms with Crippen molar-refractivity contribution in [2.45, 2.75) is 32.4 Å². The highest BCUT2D eigenvalue weighted by Gasteiger charge is 2.19. The van der Waals surface area contributed by atoms with Crippen molar-refractivity contribution in [1.29, 1.82) is 0 Å². The van der Waals surface area contributed by atoms with Crippen molar-refractivity contribution in [2.75, 3.05) is 19.7 Å². The first kappa shape index (κ1) is 11.6. The fourth-order valence-electron chi connectivity index (χ4n) is 2.26. The minimum absolute atomic E-state index is 0.447. The summed E-state index contributed by atoms with van der Waals surface area (Å²) in [6.07, 6.45) is 2.84. The van der Waals surface area contributed by atoms with Crippen molar-refractivity contribution in [2.24, 2.45) is 0 Å². The number of morpholine rings is 1. The molecule has 1 saturated heterocycles. The first-order valence-electron chi connectivity index (χ1n) is 6.26. The summed E-state index contributed by atoms with van der Waals surface area (Å²) in [6, 6.07) is 10.7. The zero-order chi connectivity index (χ0) is 11.2. The molecule has 0 saturated carbocycles. The van der Waals surface area contributed by atoms with E-state index in [0.717, 1.165) is 26.2 Å². The van der Waals surface area contributed by atoms with Crippen molar-refractivity contribution < 1.29 is 4.74 Å². The van der Waals surface area contributed by atoms with Gasteiger partial charge in [0.1, 0.15) is 0 Å². The molecule has 88 valence electrons. The summed E-state index contributed by atoms with van der Waals surface area (Å²) in [7, 11) is 0. The molecule has 1 aromatic rings. The maximum Gasteiger partial charge on any atom is 0.0702 e. The number of hydrogen-bond donors (Lipinski definition) is 0. The van der Waals surface area contributed by atoms with Gasteiger partial charge in [0, 0.05) is 19.6 Å². The van der Waals surface area contributed by atoms with Gasteiger partial charge >= 0.3 is 0 Å². The third-order valence-corrected chi connectivity index (χ3v) is 3.08. The highest BCUT2D eigenvalue weighted by molar-refractivity contribution is 5.14. The quantitative estimate of drug-likeness (QED) is 0.772. The van der Waals surface area contributed by atoms with Crippen molar-refractivity contribution >= 4 is 0 Å². The van der Waals surface area contributed by atoms with Crippen LogP contribution < -0.4 is 0 Å². The molecule has 1 fully saturated rings. The van der Waals surface area contributed by atoms with Crippen LogP contribution in [0.2, 0.25) is 0 Å². The SMILES string of the molecule is CCCC1CN(Cc2ccccc2)CCO1. The standard InChI is InChI=1S/C14H21NO/c1-2-6-14-12-15(9-10-16-14)11-13-7-4-3-5-8-13/h3-5,7-8,14H,2,6,9-12H2,1H3. The van der Waals surface area contributed by atoms with E-state index in [2.05, 4.69) is 42.2 Å². The topological polar surface area (TPSA) is 12.5 Å². The van der Waals surface area contributed by atoms with Gasteiger partial charge in [-0.15, -0.1) is 0 Å². The Kier molecular flexibility index (Phi) is 4.37. The van der Waals surface area contributed by atoms with Gasteiger partial charge in [-0.25, -0.2) is 0 Å². The Morgan fingerprint density at radius 2 is 2.12 bits per heavy atom. The van der Waals surface area contributed by atoms with E-state index in [9.17, 15) is 0 Å². The summed E-state index contributed by atoms with van der Waals surface area (Å²) < 4.78 is 5.74. The Hall–Kier alpha value is -0.860. The number of hydrogen-bond acceptors (Lipinski definition) is 2. The van der Waals surface area contributed by atoms with Gasteiger partial charge in [-0.05, 0) is 12.0 Å². The van der Waals surface area contributed by atoms with Gasteiger partial charge in [-0.1, -0.05) is 43.7 Å². The Bertz CT molecular complexity index is 297. The first-order chi connectivity index (χ1) is 7.88. The van der Waals surface area contributed by atoms with Gasteiger partial charge in [-0.3, -0.25) is 4.90 Å². The average Bonchev–Trinajstić information content (AvgIpc) is 2.31. The van der Waals surface area contributed by atoms with Crippen LogP contribution in [-0.2, 0) is 11.3 Å². The Morgan fingerprint density at radius 1 is 1.31 bits per heavy atom. The zero-order valence-electron chi connectivity index (χ0n) is 10.1. The van der Waals surface area contributed by atoms with Gasteiger partial charge in [0.15, 0.2) is 0 Å². The van der Waals surface area contributed by atoms with E-state index in [0.29, 0.717) is 6.10 Å². The molecule has 1 aliphatic heterocycles. The maximum atomic E-state index is 5.74. The summed E-state index contributed by atoms with van der Waals surface area (Å²) in [6.45, 7) is 6.32. The molecule has 0 spiro atoms. The molecule has 1 heterocycles. The predicted molar refractivity (Wildman–Crippen MR) is 66.4 cm³/mol. The number of nitrogens with zero attached hydrogens (tertiary/aromatic N) is 1. The minimum atomic E-state index is 0.447. The van der Waals surface area contributed by atoms with Gasteiger partial charge in [0.2, 0.25) is 0 Å². The van der Waals surface area contributed by atoms with Gasteiger partial charge in [-0.2, -0.15) is 0 Å². The second-order valence-corrected chi connectivity index (χ2v) is 4.50. The van der Waals surface area contributed by atoms with Crippen LogP contribution in [0, 0.1) is 0 Å². The van der Waals surface area contributed by atoms with Crippen LogP contribution in [-0.4, -0.2) is 30.7 Å². The fourth-order valence-corrected chi connectivity index (χ4v) is 2.26. The lowest BCUT2D eigenvalue weighted by Crippen LogP contribution is -2.41. The van der Waals surface area contributed by atoms with Crippen LogP contribution >= 0.6 is 0 Å². The Labute approximate surface area is 98.2 Å². The molecule has 0 aromatic heterocycles. The third kappa shape index (κ3) is 3.32. The van der Waals surface area contributed by atoms with Crippen LogP contribution in [0.15, 0.2) is 30.3 Å². The summed E-state index contributed by atoms with van der Waals surface area (Å²) in [5.41, 5.74) is 1.40. The smallest absolute Gasteiger partial charge is 0.0702 e. The van der Waals surface area contributed by atoms with Crippen molar-refractivity contribution in [3.05, 3.63) is 35.9 Å². The molecule has 1 aromatic carbocycles. The molecule has 2 rings (SSSR count). The summed E-state index contributed by atoms with van der Waals surface area (Å²) in [5, 5.41) is 0. The fraction of sp³-hybridized carbons (Fsp3) is 0.571. The van der Waals surface area contributed by atoms with Gasteiger partial charge in [0.05, 0.1) is 12.7 Å². The molecule has 2 heteroatoms. The van der Waals surface area contributed by atoms with Crippen LogP contribution in [0.1, 0.15) is 25.3 Å². The van der Waals surface area contributed by atoms with E-state index < -0.39 is 0 Å². The van der Waals surface area contributed by atoms with E-state index in [-0.39, 0.29) is 0 Å².